The molecule has 0 unspecified atom stereocenters. The quantitative estimate of drug-likeness (QED) is 0.817. The van der Waals surface area contributed by atoms with E-state index in [0.717, 1.165) is 11.4 Å². The summed E-state index contributed by atoms with van der Waals surface area (Å²) in [6.45, 7) is 10.1. The summed E-state index contributed by atoms with van der Waals surface area (Å²) >= 11 is 0. The Kier molecular flexibility index (Phi) is 6.17. The summed E-state index contributed by atoms with van der Waals surface area (Å²) in [5, 5.41) is 6.86. The van der Waals surface area contributed by atoms with E-state index in [1.807, 2.05) is 58.9 Å². The molecular weight excluding hydrogens is 318 g/mol. The summed E-state index contributed by atoms with van der Waals surface area (Å²) in [5.74, 6) is 2.02. The van der Waals surface area contributed by atoms with Gasteiger partial charge >= 0.3 is 0 Å². The van der Waals surface area contributed by atoms with E-state index in [4.69, 9.17) is 9.26 Å². The molecule has 0 spiro atoms. The van der Waals surface area contributed by atoms with Gasteiger partial charge in [-0.3, -0.25) is 4.79 Å². The Bertz CT molecular complexity index is 685. The topological polar surface area (TPSA) is 77.2 Å². The van der Waals surface area contributed by atoms with Gasteiger partial charge in [0.25, 0.3) is 0 Å². The van der Waals surface area contributed by atoms with E-state index in [2.05, 4.69) is 15.5 Å². The molecule has 0 aliphatic rings. The van der Waals surface area contributed by atoms with Gasteiger partial charge in [0.15, 0.2) is 5.82 Å². The smallest absolute Gasteiger partial charge is 0.226 e. The molecule has 25 heavy (non-hydrogen) atoms. The first kappa shape index (κ1) is 19.0. The Morgan fingerprint density at radius 3 is 2.48 bits per heavy atom. The number of amides is 1. The predicted octanol–water partition coefficient (Wildman–Crippen LogP) is 4.12. The van der Waals surface area contributed by atoms with Crippen LogP contribution in [0.1, 0.15) is 59.2 Å². The number of carbonyl (C=O) groups excluding carboxylic acids is 1. The summed E-state index contributed by atoms with van der Waals surface area (Å²) in [6.07, 6.45) is 1.78. The Hall–Kier alpha value is -2.37. The van der Waals surface area contributed by atoms with E-state index in [1.54, 1.807) is 0 Å². The fourth-order valence-corrected chi connectivity index (χ4v) is 2.17. The Labute approximate surface area is 149 Å². The Morgan fingerprint density at radius 1 is 1.24 bits per heavy atom. The van der Waals surface area contributed by atoms with Gasteiger partial charge in [-0.25, -0.2) is 0 Å². The number of aryl methyl sites for hydroxylation is 1. The second kappa shape index (κ2) is 8.14. The van der Waals surface area contributed by atoms with Crippen LogP contribution in [0, 0.1) is 0 Å². The number of ether oxygens (including phenoxy) is 1. The lowest BCUT2D eigenvalue weighted by molar-refractivity contribution is -0.116. The van der Waals surface area contributed by atoms with Gasteiger partial charge < -0.3 is 14.6 Å². The molecule has 1 heterocycles. The molecule has 6 nitrogen and oxygen atoms in total. The molecule has 0 saturated carbocycles. The van der Waals surface area contributed by atoms with Gasteiger partial charge in [0.2, 0.25) is 11.8 Å². The van der Waals surface area contributed by atoms with Crippen LogP contribution in [0.5, 0.6) is 5.75 Å². The van der Waals surface area contributed by atoms with Crippen molar-refractivity contribution in [2.75, 3.05) is 5.32 Å². The molecule has 0 radical (unpaired) electrons. The third kappa shape index (κ3) is 6.21. The van der Waals surface area contributed by atoms with Crippen molar-refractivity contribution < 1.29 is 14.1 Å². The van der Waals surface area contributed by atoms with E-state index in [9.17, 15) is 4.79 Å². The van der Waals surface area contributed by atoms with Crippen molar-refractivity contribution in [1.82, 2.24) is 10.1 Å². The average molecular weight is 345 g/mol. The zero-order valence-electron chi connectivity index (χ0n) is 15.6. The lowest BCUT2D eigenvalue weighted by Crippen LogP contribution is -2.13. The van der Waals surface area contributed by atoms with Crippen molar-refractivity contribution in [2.45, 2.75) is 65.4 Å². The number of aromatic nitrogens is 2. The maximum absolute atomic E-state index is 12.0. The van der Waals surface area contributed by atoms with Crippen LogP contribution in [0.15, 0.2) is 28.8 Å². The SMILES string of the molecule is CC(C)Oc1ccc(NC(=O)CCCc2nc(C(C)(C)C)no2)cc1. The van der Waals surface area contributed by atoms with Crippen molar-refractivity contribution in [3.63, 3.8) is 0 Å². The van der Waals surface area contributed by atoms with E-state index in [1.165, 1.54) is 0 Å². The summed E-state index contributed by atoms with van der Waals surface area (Å²) in [5.41, 5.74) is 0.624. The van der Waals surface area contributed by atoms with Crippen LogP contribution in [-0.2, 0) is 16.6 Å². The first-order valence-electron chi connectivity index (χ1n) is 8.63. The molecule has 0 saturated heterocycles. The largest absolute Gasteiger partial charge is 0.491 e. The molecule has 0 fully saturated rings. The Balaban J connectivity index is 1.76. The maximum Gasteiger partial charge on any atom is 0.226 e. The van der Waals surface area contributed by atoms with E-state index in [0.29, 0.717) is 31.0 Å². The van der Waals surface area contributed by atoms with Gasteiger partial charge in [0, 0.05) is 23.9 Å². The molecule has 1 N–H and O–H groups in total. The second-order valence-electron chi connectivity index (χ2n) is 7.35. The summed E-state index contributed by atoms with van der Waals surface area (Å²) in [6, 6.07) is 7.37. The maximum atomic E-state index is 12.0. The zero-order valence-corrected chi connectivity index (χ0v) is 15.6. The van der Waals surface area contributed by atoms with Crippen LogP contribution in [0.4, 0.5) is 5.69 Å². The third-order valence-electron chi connectivity index (χ3n) is 3.44. The van der Waals surface area contributed by atoms with Gasteiger partial charge in [-0.05, 0) is 44.5 Å². The summed E-state index contributed by atoms with van der Waals surface area (Å²) < 4.78 is 10.8. The van der Waals surface area contributed by atoms with Crippen LogP contribution >= 0.6 is 0 Å². The highest BCUT2D eigenvalue weighted by molar-refractivity contribution is 5.90. The highest BCUT2D eigenvalue weighted by Gasteiger charge is 2.20. The first-order valence-corrected chi connectivity index (χ1v) is 8.63. The minimum atomic E-state index is -0.134. The van der Waals surface area contributed by atoms with Gasteiger partial charge in [0.1, 0.15) is 5.75 Å². The molecule has 0 aliphatic heterocycles. The van der Waals surface area contributed by atoms with E-state index >= 15 is 0 Å². The molecule has 136 valence electrons. The second-order valence-corrected chi connectivity index (χ2v) is 7.35. The van der Waals surface area contributed by atoms with Crippen molar-refractivity contribution in [3.8, 4) is 5.75 Å². The standard InChI is InChI=1S/C19H27N3O3/c1-13(2)24-15-11-9-14(10-12-15)20-16(23)7-6-8-17-21-18(22-25-17)19(3,4)5/h9-13H,6-8H2,1-5H3,(H,20,23). The van der Waals surface area contributed by atoms with Gasteiger partial charge in [-0.2, -0.15) is 4.98 Å². The van der Waals surface area contributed by atoms with Crippen LogP contribution < -0.4 is 10.1 Å². The van der Waals surface area contributed by atoms with Crippen LogP contribution in [0.3, 0.4) is 0 Å². The number of hydrogen-bond acceptors (Lipinski definition) is 5. The van der Waals surface area contributed by atoms with Crippen molar-refractivity contribution >= 4 is 11.6 Å². The number of nitrogens with zero attached hydrogens (tertiary/aromatic N) is 2. The van der Waals surface area contributed by atoms with Crippen molar-refractivity contribution in [3.05, 3.63) is 36.0 Å². The molecule has 2 aromatic rings. The zero-order chi connectivity index (χ0) is 18.4. The van der Waals surface area contributed by atoms with Crippen LogP contribution in [0.25, 0.3) is 0 Å². The number of rotatable bonds is 7. The first-order chi connectivity index (χ1) is 11.7. The van der Waals surface area contributed by atoms with Crippen molar-refractivity contribution in [2.24, 2.45) is 0 Å². The lowest BCUT2D eigenvalue weighted by atomic mass is 9.96. The highest BCUT2D eigenvalue weighted by Crippen LogP contribution is 2.19. The minimum absolute atomic E-state index is 0.0342. The monoisotopic (exact) mass is 345 g/mol. The summed E-state index contributed by atoms with van der Waals surface area (Å²) in [7, 11) is 0. The van der Waals surface area contributed by atoms with Crippen LogP contribution in [0.2, 0.25) is 0 Å². The highest BCUT2D eigenvalue weighted by atomic mass is 16.5. The normalized spacial score (nSPS) is 11.6. The fourth-order valence-electron chi connectivity index (χ4n) is 2.17. The average Bonchev–Trinajstić information content (AvgIpc) is 2.98. The number of benzene rings is 1. The van der Waals surface area contributed by atoms with E-state index < -0.39 is 0 Å². The van der Waals surface area contributed by atoms with Gasteiger partial charge in [0.05, 0.1) is 6.10 Å². The lowest BCUT2D eigenvalue weighted by Gasteiger charge is -2.11. The molecule has 1 aromatic heterocycles. The predicted molar refractivity (Wildman–Crippen MR) is 96.8 cm³/mol. The Morgan fingerprint density at radius 2 is 1.92 bits per heavy atom. The third-order valence-corrected chi connectivity index (χ3v) is 3.44. The number of nitrogens with one attached hydrogen (secondary N) is 1. The summed E-state index contributed by atoms with van der Waals surface area (Å²) in [4.78, 5) is 16.4. The number of hydrogen-bond donors (Lipinski definition) is 1. The van der Waals surface area contributed by atoms with Crippen molar-refractivity contribution in [1.29, 1.82) is 0 Å². The van der Waals surface area contributed by atoms with E-state index in [-0.39, 0.29) is 17.4 Å². The molecule has 6 heteroatoms. The molecule has 0 atom stereocenters. The molecule has 0 aliphatic carbocycles. The molecule has 1 aromatic carbocycles. The molecule has 2 rings (SSSR count). The minimum Gasteiger partial charge on any atom is -0.491 e. The van der Waals surface area contributed by atoms with Gasteiger partial charge in [-0.1, -0.05) is 25.9 Å². The molecule has 0 bridgehead atoms. The number of anilines is 1. The van der Waals surface area contributed by atoms with Crippen LogP contribution in [-0.4, -0.2) is 22.2 Å². The van der Waals surface area contributed by atoms with Gasteiger partial charge in [-0.15, -0.1) is 0 Å². The molecular formula is C19H27N3O3. The molecule has 1 amide bonds. The number of carbonyl (C=O) groups is 1. The fraction of sp³-hybridized carbons (Fsp3) is 0.526.